The molecule has 1 aromatic rings. The van der Waals surface area contributed by atoms with Crippen LogP contribution in [-0.4, -0.2) is 23.2 Å². The van der Waals surface area contributed by atoms with Crippen LogP contribution >= 0.6 is 12.2 Å². The molecule has 1 atom stereocenters. The fourth-order valence-electron chi connectivity index (χ4n) is 1.54. The topological polar surface area (TPSA) is 52.0 Å². The Morgan fingerprint density at radius 1 is 1.59 bits per heavy atom. The zero-order valence-electron chi connectivity index (χ0n) is 10.4. The van der Waals surface area contributed by atoms with Crippen LogP contribution in [0.25, 0.3) is 12.2 Å². The molecule has 0 amide bonds. The molecule has 0 bridgehead atoms. The predicted molar refractivity (Wildman–Crippen MR) is 72.3 cm³/mol. The van der Waals surface area contributed by atoms with Crippen LogP contribution in [0.1, 0.15) is 31.7 Å². The molecule has 94 valence electrons. The van der Waals surface area contributed by atoms with E-state index in [-0.39, 0.29) is 0 Å². The number of nitrogens with one attached hydrogen (secondary N) is 1. The first-order valence-corrected chi connectivity index (χ1v) is 5.98. The average Bonchev–Trinajstić information content (AvgIpc) is 2.66. The first-order chi connectivity index (χ1) is 7.94. The van der Waals surface area contributed by atoms with Gasteiger partial charge in [-0.3, -0.25) is 0 Å². The van der Waals surface area contributed by atoms with E-state index in [2.05, 4.69) is 11.6 Å². The monoisotopic (exact) mass is 254 g/mol. The third kappa shape index (κ3) is 3.15. The van der Waals surface area contributed by atoms with E-state index in [1.807, 2.05) is 13.8 Å². The molecule has 1 N–H and O–H groups in total. The molecule has 1 rings (SSSR count). The minimum absolute atomic E-state index is 0.290. The van der Waals surface area contributed by atoms with Crippen molar-refractivity contribution in [3.63, 3.8) is 0 Å². The van der Waals surface area contributed by atoms with Gasteiger partial charge < -0.3 is 19.3 Å². The van der Waals surface area contributed by atoms with Gasteiger partial charge >= 0.3 is 0 Å². The maximum Gasteiger partial charge on any atom is 0.266 e. The van der Waals surface area contributed by atoms with Crippen molar-refractivity contribution in [1.82, 2.24) is 4.98 Å². The summed E-state index contributed by atoms with van der Waals surface area (Å²) in [6.45, 7) is 7.96. The summed E-state index contributed by atoms with van der Waals surface area (Å²) in [5.74, 6) is 0.565. The molecule has 0 aliphatic carbocycles. The second-order valence-electron chi connectivity index (χ2n) is 3.90. The van der Waals surface area contributed by atoms with Gasteiger partial charge in [-0.05, 0) is 25.2 Å². The Labute approximate surface area is 106 Å². The average molecular weight is 254 g/mol. The number of aromatic nitrogens is 1. The van der Waals surface area contributed by atoms with Crippen molar-refractivity contribution in [2.45, 2.75) is 20.3 Å². The molecule has 0 aliphatic heterocycles. The number of hydroxylamine groups is 3. The van der Waals surface area contributed by atoms with Crippen LogP contribution < -0.4 is 0 Å². The van der Waals surface area contributed by atoms with Crippen molar-refractivity contribution in [1.29, 1.82) is 0 Å². The molecule has 0 aliphatic rings. The molecule has 17 heavy (non-hydrogen) atoms. The Morgan fingerprint density at radius 3 is 2.71 bits per heavy atom. The van der Waals surface area contributed by atoms with Gasteiger partial charge in [0, 0.05) is 12.5 Å². The highest BCUT2D eigenvalue weighted by molar-refractivity contribution is 7.71. The first kappa shape index (κ1) is 13.9. The first-order valence-electron chi connectivity index (χ1n) is 5.57. The van der Waals surface area contributed by atoms with Gasteiger partial charge in [0.05, 0.1) is 19.3 Å². The lowest BCUT2D eigenvalue weighted by Crippen LogP contribution is -2.35. The van der Waals surface area contributed by atoms with E-state index in [4.69, 9.17) is 16.6 Å². The highest BCUT2D eigenvalue weighted by atomic mass is 32.1. The number of rotatable bonds is 5. The van der Waals surface area contributed by atoms with E-state index in [9.17, 15) is 5.21 Å². The molecule has 0 saturated heterocycles. The van der Waals surface area contributed by atoms with Crippen LogP contribution in [0.15, 0.2) is 16.7 Å². The van der Waals surface area contributed by atoms with Crippen molar-refractivity contribution in [2.24, 2.45) is 0 Å². The van der Waals surface area contributed by atoms with Gasteiger partial charge in [0.15, 0.2) is 5.76 Å². The third-order valence-electron chi connectivity index (χ3n) is 2.78. The van der Waals surface area contributed by atoms with E-state index < -0.39 is 4.65 Å². The minimum Gasteiger partial charge on any atom is -0.628 e. The second kappa shape index (κ2) is 5.44. The SMILES string of the molecule is C=Cc1[nH]c(=S)oc1/C=C(\CC)[N+](C)([O-])CC. The molecular weight excluding hydrogens is 236 g/mol. The second-order valence-corrected chi connectivity index (χ2v) is 4.27. The highest BCUT2D eigenvalue weighted by Crippen LogP contribution is 2.22. The number of hydrogen-bond acceptors (Lipinski definition) is 3. The largest absolute Gasteiger partial charge is 0.628 e. The van der Waals surface area contributed by atoms with Crippen LogP contribution in [-0.2, 0) is 0 Å². The normalized spacial score (nSPS) is 15.6. The Morgan fingerprint density at radius 2 is 2.24 bits per heavy atom. The summed E-state index contributed by atoms with van der Waals surface area (Å²) in [4.78, 5) is 3.16. The Bertz CT molecular complexity index is 483. The van der Waals surface area contributed by atoms with Crippen LogP contribution in [0.4, 0.5) is 0 Å². The number of aromatic amines is 1. The molecule has 0 fully saturated rings. The highest BCUT2D eigenvalue weighted by Gasteiger charge is 2.15. The molecule has 4 nitrogen and oxygen atoms in total. The van der Waals surface area contributed by atoms with Crippen LogP contribution in [0.2, 0.25) is 0 Å². The summed E-state index contributed by atoms with van der Waals surface area (Å²) in [5, 5.41) is 12.2. The lowest BCUT2D eigenvalue weighted by molar-refractivity contribution is -0.820. The smallest absolute Gasteiger partial charge is 0.266 e. The molecule has 1 aromatic heterocycles. The lowest BCUT2D eigenvalue weighted by Gasteiger charge is -2.38. The summed E-state index contributed by atoms with van der Waals surface area (Å²) in [5.41, 5.74) is 1.45. The van der Waals surface area contributed by atoms with Crippen LogP contribution in [0, 0.1) is 10.0 Å². The summed E-state index contributed by atoms with van der Waals surface area (Å²) in [6, 6.07) is 0. The molecule has 0 radical (unpaired) electrons. The van der Waals surface area contributed by atoms with Gasteiger partial charge in [-0.1, -0.05) is 13.5 Å². The fourth-order valence-corrected chi connectivity index (χ4v) is 1.74. The number of quaternary nitrogens is 1. The zero-order chi connectivity index (χ0) is 13.1. The summed E-state index contributed by atoms with van der Waals surface area (Å²) >= 11 is 4.92. The zero-order valence-corrected chi connectivity index (χ0v) is 11.3. The van der Waals surface area contributed by atoms with Gasteiger partial charge in [0.25, 0.3) is 4.84 Å². The Hall–Kier alpha value is -1.17. The molecular formula is C12H18N2O2S. The molecule has 1 unspecified atom stereocenters. The number of oxazole rings is 1. The van der Waals surface area contributed by atoms with Crippen molar-refractivity contribution >= 4 is 24.4 Å². The summed E-state index contributed by atoms with van der Waals surface area (Å²) in [7, 11) is 1.63. The lowest BCUT2D eigenvalue weighted by atomic mass is 10.2. The number of nitrogens with zero attached hydrogens (tertiary/aromatic N) is 1. The van der Waals surface area contributed by atoms with E-state index >= 15 is 0 Å². The van der Waals surface area contributed by atoms with E-state index in [1.54, 1.807) is 19.2 Å². The predicted octanol–water partition coefficient (Wildman–Crippen LogP) is 3.70. The summed E-state index contributed by atoms with van der Waals surface area (Å²) < 4.78 is 4.94. The summed E-state index contributed by atoms with van der Waals surface area (Å²) in [6.07, 6.45) is 4.04. The van der Waals surface area contributed by atoms with Gasteiger partial charge in [-0.2, -0.15) is 0 Å². The van der Waals surface area contributed by atoms with E-state index in [0.29, 0.717) is 29.3 Å². The maximum absolute atomic E-state index is 12.2. The number of allylic oxidation sites excluding steroid dienone is 1. The minimum atomic E-state index is -0.402. The van der Waals surface area contributed by atoms with Crippen LogP contribution in [0.3, 0.4) is 0 Å². The standard InChI is InChI=1S/C12H18N2O2S/c1-5-9(14(4,15)7-3)8-11-10(6-2)13-12(17)16-11/h6,8H,2,5,7H2,1,3-4H3,(H,13,17)/b9-8+. The fraction of sp³-hybridized carbons (Fsp3) is 0.417. The molecule has 0 spiro atoms. The third-order valence-corrected chi connectivity index (χ3v) is 2.97. The van der Waals surface area contributed by atoms with Crippen molar-refractivity contribution < 1.29 is 9.06 Å². The Kier molecular flexibility index (Phi) is 4.45. The number of hydrogen-bond donors (Lipinski definition) is 1. The van der Waals surface area contributed by atoms with Crippen molar-refractivity contribution in [3.05, 3.63) is 33.8 Å². The van der Waals surface area contributed by atoms with E-state index in [1.165, 1.54) is 0 Å². The number of H-pyrrole nitrogens is 1. The van der Waals surface area contributed by atoms with Gasteiger partial charge in [-0.15, -0.1) is 0 Å². The molecule has 1 heterocycles. The van der Waals surface area contributed by atoms with Gasteiger partial charge in [0.2, 0.25) is 0 Å². The van der Waals surface area contributed by atoms with E-state index in [0.717, 1.165) is 5.70 Å². The quantitative estimate of drug-likeness (QED) is 0.495. The van der Waals surface area contributed by atoms with Crippen LogP contribution in [0.5, 0.6) is 0 Å². The Balaban J connectivity index is 3.23. The maximum atomic E-state index is 12.2. The molecule has 0 saturated carbocycles. The van der Waals surface area contributed by atoms with Gasteiger partial charge in [0.1, 0.15) is 5.70 Å². The van der Waals surface area contributed by atoms with Gasteiger partial charge in [-0.25, -0.2) is 0 Å². The van der Waals surface area contributed by atoms with Crippen molar-refractivity contribution in [2.75, 3.05) is 13.6 Å². The molecule has 5 heteroatoms. The molecule has 0 aromatic carbocycles. The van der Waals surface area contributed by atoms with Crippen molar-refractivity contribution in [3.8, 4) is 0 Å².